The number of carbonyl (C=O) groups excluding carboxylic acids is 1. The van der Waals surface area contributed by atoms with Gasteiger partial charge in [-0.3, -0.25) is 4.79 Å². The lowest BCUT2D eigenvalue weighted by Gasteiger charge is -1.91. The third kappa shape index (κ3) is 3.11. The molecule has 0 amide bonds. The second-order valence-corrected chi connectivity index (χ2v) is 3.64. The number of ketones is 1. The Morgan fingerprint density at radius 3 is 2.24 bits per heavy atom. The number of allylic oxidation sites excluding steroid dienone is 1. The van der Waals surface area contributed by atoms with E-state index in [2.05, 4.69) is 0 Å². The summed E-state index contributed by atoms with van der Waals surface area (Å²) < 4.78 is 12.7. The molecule has 0 saturated heterocycles. The molecule has 0 radical (unpaired) electrons. The molecule has 0 bridgehead atoms. The van der Waals surface area contributed by atoms with E-state index in [0.717, 1.165) is 5.56 Å². The molecule has 0 aliphatic heterocycles. The molecule has 0 unspecified atom stereocenters. The van der Waals surface area contributed by atoms with Crippen LogP contribution >= 0.6 is 0 Å². The first-order chi connectivity index (χ1) is 8.25. The van der Waals surface area contributed by atoms with E-state index < -0.39 is 0 Å². The Morgan fingerprint density at radius 1 is 0.941 bits per heavy atom. The smallest absolute Gasteiger partial charge is 0.273 e. The first-order valence-electron chi connectivity index (χ1n) is 5.31. The molecule has 1 nitrogen and oxygen atoms in total. The maximum atomic E-state index is 12.7. The molecule has 1 N–H and O–H groups in total. The highest BCUT2D eigenvalue weighted by atomic mass is 19.1. The first kappa shape index (κ1) is 11.3. The van der Waals surface area contributed by atoms with Gasteiger partial charge in [-0.1, -0.05) is 30.3 Å². The summed E-state index contributed by atoms with van der Waals surface area (Å²) in [7, 11) is 0. The van der Waals surface area contributed by atoms with Gasteiger partial charge in [0.05, 0.1) is 5.56 Å². The Balaban J connectivity index is 2.12. The highest BCUT2D eigenvalue weighted by molar-refractivity contribution is 6.07. The Morgan fingerprint density at radius 2 is 1.59 bits per heavy atom. The molecule has 17 heavy (non-hydrogen) atoms. The minimum atomic E-state index is -0.311. The molecule has 0 fully saturated rings. The van der Waals surface area contributed by atoms with Crippen LogP contribution in [-0.2, 0) is 0 Å². The van der Waals surface area contributed by atoms with Crippen LogP contribution in [0, 0.1) is 5.82 Å². The summed E-state index contributed by atoms with van der Waals surface area (Å²) >= 11 is 0. The summed E-state index contributed by atoms with van der Waals surface area (Å²) in [5, 5.41) is 0. The normalized spacial score (nSPS) is 10.6. The topological polar surface area (TPSA) is 21.4 Å². The Labute approximate surface area is 99.2 Å². The van der Waals surface area contributed by atoms with Crippen molar-refractivity contribution in [1.29, 1.82) is 0 Å². The van der Waals surface area contributed by atoms with Crippen molar-refractivity contribution in [1.82, 2.24) is 0 Å². The van der Waals surface area contributed by atoms with E-state index in [4.69, 9.17) is 0 Å². The molecule has 0 saturated carbocycles. The summed E-state index contributed by atoms with van der Waals surface area (Å²) in [5.74, 6) is -0.192. The third-order valence-corrected chi connectivity index (χ3v) is 2.37. The maximum absolute atomic E-state index is 12.7. The van der Waals surface area contributed by atoms with Crippen molar-refractivity contribution in [2.45, 2.75) is 0 Å². The molecule has 0 heterocycles. The van der Waals surface area contributed by atoms with Gasteiger partial charge in [-0.2, -0.15) is 0 Å². The lowest BCUT2D eigenvalue weighted by Crippen LogP contribution is -1.95. The average Bonchev–Trinajstić information content (AvgIpc) is 2.38. The number of rotatable bonds is 3. The molecule has 2 aromatic carbocycles. The van der Waals surface area contributed by atoms with Crippen LogP contribution < -0.4 is 0 Å². The highest BCUT2D eigenvalue weighted by Crippen LogP contribution is 2.06. The van der Waals surface area contributed by atoms with Crippen molar-refractivity contribution in [3.63, 3.8) is 0 Å². The lowest BCUT2D eigenvalue weighted by atomic mass is 10.1. The number of hydrogen-bond acceptors (Lipinski definition) is 0. The molecule has 84 valence electrons. The van der Waals surface area contributed by atoms with Crippen LogP contribution in [0.5, 0.6) is 0 Å². The van der Waals surface area contributed by atoms with Crippen LogP contribution in [-0.4, -0.2) is 10.6 Å². The zero-order chi connectivity index (χ0) is 12.1. The highest BCUT2D eigenvalue weighted by Gasteiger charge is 2.07. The monoisotopic (exact) mass is 227 g/mol. The van der Waals surface area contributed by atoms with Gasteiger partial charge in [0.2, 0.25) is 0 Å². The fourth-order valence-electron chi connectivity index (χ4n) is 1.46. The fraction of sp³-hybridized carbons (Fsp3) is 0. The van der Waals surface area contributed by atoms with Gasteiger partial charge in [-0.15, -0.1) is 0 Å². The van der Waals surface area contributed by atoms with Crippen molar-refractivity contribution in [2.24, 2.45) is 0 Å². The molecule has 0 aliphatic rings. The molecule has 0 atom stereocenters. The quantitative estimate of drug-likeness (QED) is 0.435. The zero-order valence-corrected chi connectivity index (χ0v) is 9.18. The Bertz CT molecular complexity index is 527. The van der Waals surface area contributed by atoms with Gasteiger partial charge in [-0.25, -0.2) is 4.39 Å². The first-order valence-corrected chi connectivity index (χ1v) is 5.31. The van der Waals surface area contributed by atoms with E-state index >= 15 is 0 Å². The predicted octanol–water partition coefficient (Wildman–Crippen LogP) is 3.43. The zero-order valence-electron chi connectivity index (χ0n) is 9.18. The van der Waals surface area contributed by atoms with Crippen molar-refractivity contribution in [3.8, 4) is 0 Å². The van der Waals surface area contributed by atoms with Crippen molar-refractivity contribution in [2.75, 3.05) is 0 Å². The molecule has 0 spiro atoms. The average molecular weight is 227 g/mol. The standard InChI is InChI=1S/C15H11FO/c16-14-9-7-13(8-10-14)15(17)11-6-12-4-2-1-3-5-12/h1-11H/p+1/b11-6+. The van der Waals surface area contributed by atoms with E-state index in [1.165, 1.54) is 12.1 Å². The maximum Gasteiger partial charge on any atom is 0.347 e. The summed E-state index contributed by atoms with van der Waals surface area (Å²) in [6, 6.07) is 15.4. The number of hydrogen-bond donors (Lipinski definition) is 0. The van der Waals surface area contributed by atoms with E-state index in [-0.39, 0.29) is 11.6 Å². The molecule has 0 aromatic heterocycles. The molecule has 0 aliphatic carbocycles. The van der Waals surface area contributed by atoms with Crippen LogP contribution in [0.15, 0.2) is 60.7 Å². The minimum Gasteiger partial charge on any atom is -0.273 e. The number of halogens is 1. The van der Waals surface area contributed by atoms with Crippen LogP contribution in [0.4, 0.5) is 4.39 Å². The van der Waals surface area contributed by atoms with Gasteiger partial charge in [0.1, 0.15) is 5.82 Å². The molecular weight excluding hydrogens is 215 g/mol. The summed E-state index contributed by atoms with van der Waals surface area (Å²) in [4.78, 5) is 9.78. The van der Waals surface area contributed by atoms with Crippen LogP contribution in [0.25, 0.3) is 6.08 Å². The van der Waals surface area contributed by atoms with Gasteiger partial charge in [-0.05, 0) is 35.9 Å². The summed E-state index contributed by atoms with van der Waals surface area (Å²) in [5.41, 5.74) is 1.60. The van der Waals surface area contributed by atoms with Crippen LogP contribution in [0.3, 0.4) is 0 Å². The fourth-order valence-corrected chi connectivity index (χ4v) is 1.46. The van der Waals surface area contributed by atoms with Gasteiger partial charge in [0.15, 0.2) is 0 Å². The van der Waals surface area contributed by atoms with E-state index in [1.807, 2.05) is 30.3 Å². The van der Waals surface area contributed by atoms with Crippen molar-refractivity contribution >= 4 is 11.9 Å². The SMILES string of the molecule is [OH+]=C(/C=C/c1ccccc1)c1ccc(F)cc1. The predicted molar refractivity (Wildman–Crippen MR) is 67.9 cm³/mol. The molecule has 2 rings (SSSR count). The largest absolute Gasteiger partial charge is 0.347 e. The second kappa shape index (κ2) is 5.21. The molecule has 2 heteroatoms. The lowest BCUT2D eigenvalue weighted by molar-refractivity contribution is 0.627. The van der Waals surface area contributed by atoms with Crippen molar-refractivity contribution < 1.29 is 9.18 Å². The third-order valence-electron chi connectivity index (χ3n) is 2.37. The minimum absolute atomic E-state index is 0.119. The van der Waals surface area contributed by atoms with Gasteiger partial charge >= 0.3 is 5.78 Å². The summed E-state index contributed by atoms with van der Waals surface area (Å²) in [6.07, 6.45) is 3.40. The number of benzene rings is 2. The van der Waals surface area contributed by atoms with E-state index in [1.54, 1.807) is 24.3 Å². The summed E-state index contributed by atoms with van der Waals surface area (Å²) in [6.45, 7) is 0. The van der Waals surface area contributed by atoms with Crippen LogP contribution in [0.1, 0.15) is 11.1 Å². The van der Waals surface area contributed by atoms with E-state index in [9.17, 15) is 9.18 Å². The van der Waals surface area contributed by atoms with Gasteiger partial charge < -0.3 is 0 Å². The second-order valence-electron chi connectivity index (χ2n) is 3.64. The molecule has 2 aromatic rings. The Hall–Kier alpha value is -2.22. The van der Waals surface area contributed by atoms with Gasteiger partial charge in [0.25, 0.3) is 0 Å². The van der Waals surface area contributed by atoms with Gasteiger partial charge in [0, 0.05) is 6.08 Å². The molecular formula is C15H12FO+. The van der Waals surface area contributed by atoms with Crippen LogP contribution in [0.2, 0.25) is 0 Å². The van der Waals surface area contributed by atoms with Crippen molar-refractivity contribution in [3.05, 3.63) is 77.6 Å². The van der Waals surface area contributed by atoms with E-state index in [0.29, 0.717) is 5.56 Å². The Kier molecular flexibility index (Phi) is 3.46.